The van der Waals surface area contributed by atoms with Crippen LogP contribution in [0.5, 0.6) is 0 Å². The third-order valence-electron chi connectivity index (χ3n) is 1.93. The Morgan fingerprint density at radius 1 is 1.50 bits per heavy atom. The summed E-state index contributed by atoms with van der Waals surface area (Å²) < 4.78 is 4.80. The molecule has 14 heavy (non-hydrogen) atoms. The SMILES string of the molecule is CCOC(=O)CCN(C)CCC(C)O. The Kier molecular flexibility index (Phi) is 7.42. The molecule has 0 rings (SSSR count). The lowest BCUT2D eigenvalue weighted by molar-refractivity contribution is -0.143. The van der Waals surface area contributed by atoms with Crippen molar-refractivity contribution in [1.29, 1.82) is 0 Å². The van der Waals surface area contributed by atoms with Crippen molar-refractivity contribution in [3.8, 4) is 0 Å². The normalized spacial score (nSPS) is 12.9. The Morgan fingerprint density at radius 2 is 2.14 bits per heavy atom. The van der Waals surface area contributed by atoms with E-state index in [0.717, 1.165) is 13.0 Å². The second-order valence-electron chi connectivity index (χ2n) is 3.50. The van der Waals surface area contributed by atoms with Crippen LogP contribution in [0.3, 0.4) is 0 Å². The molecule has 1 N–H and O–H groups in total. The van der Waals surface area contributed by atoms with Gasteiger partial charge < -0.3 is 14.7 Å². The minimum Gasteiger partial charge on any atom is -0.466 e. The van der Waals surface area contributed by atoms with Gasteiger partial charge in [-0.2, -0.15) is 0 Å². The summed E-state index contributed by atoms with van der Waals surface area (Å²) in [4.78, 5) is 13.0. The van der Waals surface area contributed by atoms with Gasteiger partial charge >= 0.3 is 5.97 Å². The van der Waals surface area contributed by atoms with Crippen molar-refractivity contribution in [3.05, 3.63) is 0 Å². The summed E-state index contributed by atoms with van der Waals surface area (Å²) >= 11 is 0. The van der Waals surface area contributed by atoms with E-state index in [-0.39, 0.29) is 12.1 Å². The monoisotopic (exact) mass is 203 g/mol. The van der Waals surface area contributed by atoms with Crippen LogP contribution >= 0.6 is 0 Å². The highest BCUT2D eigenvalue weighted by molar-refractivity contribution is 5.69. The third kappa shape index (κ3) is 8.01. The van der Waals surface area contributed by atoms with Gasteiger partial charge in [0.15, 0.2) is 0 Å². The molecule has 4 heteroatoms. The van der Waals surface area contributed by atoms with Crippen molar-refractivity contribution in [2.24, 2.45) is 0 Å². The highest BCUT2D eigenvalue weighted by Crippen LogP contribution is 1.95. The number of nitrogens with zero attached hydrogens (tertiary/aromatic N) is 1. The van der Waals surface area contributed by atoms with Crippen LogP contribution in [0.2, 0.25) is 0 Å². The molecule has 0 aromatic carbocycles. The number of ether oxygens (including phenoxy) is 1. The number of hydrogen-bond donors (Lipinski definition) is 1. The van der Waals surface area contributed by atoms with E-state index in [9.17, 15) is 4.79 Å². The Morgan fingerprint density at radius 3 is 2.64 bits per heavy atom. The Labute approximate surface area is 85.9 Å². The van der Waals surface area contributed by atoms with Gasteiger partial charge in [-0.15, -0.1) is 0 Å². The van der Waals surface area contributed by atoms with Crippen LogP contribution in [-0.2, 0) is 9.53 Å². The second kappa shape index (κ2) is 7.76. The average molecular weight is 203 g/mol. The topological polar surface area (TPSA) is 49.8 Å². The van der Waals surface area contributed by atoms with E-state index >= 15 is 0 Å². The molecule has 0 saturated heterocycles. The van der Waals surface area contributed by atoms with Gasteiger partial charge in [0, 0.05) is 13.1 Å². The molecular weight excluding hydrogens is 182 g/mol. The molecule has 1 atom stereocenters. The fourth-order valence-corrected chi connectivity index (χ4v) is 1.03. The van der Waals surface area contributed by atoms with Gasteiger partial charge in [-0.25, -0.2) is 0 Å². The molecular formula is C10H21NO3. The van der Waals surface area contributed by atoms with Crippen LogP contribution in [0.25, 0.3) is 0 Å². The van der Waals surface area contributed by atoms with Gasteiger partial charge in [0.1, 0.15) is 0 Å². The van der Waals surface area contributed by atoms with E-state index < -0.39 is 0 Å². The Bertz CT molecular complexity index is 159. The van der Waals surface area contributed by atoms with E-state index in [1.807, 2.05) is 11.9 Å². The van der Waals surface area contributed by atoms with Crippen molar-refractivity contribution >= 4 is 5.97 Å². The van der Waals surface area contributed by atoms with Crippen LogP contribution in [-0.4, -0.2) is 48.8 Å². The van der Waals surface area contributed by atoms with E-state index in [1.54, 1.807) is 13.8 Å². The molecule has 0 radical (unpaired) electrons. The van der Waals surface area contributed by atoms with Crippen LogP contribution in [0.15, 0.2) is 0 Å². The highest BCUT2D eigenvalue weighted by atomic mass is 16.5. The van der Waals surface area contributed by atoms with Gasteiger partial charge in [-0.05, 0) is 27.3 Å². The second-order valence-corrected chi connectivity index (χ2v) is 3.50. The van der Waals surface area contributed by atoms with Gasteiger partial charge in [-0.1, -0.05) is 0 Å². The molecule has 0 aromatic heterocycles. The maximum absolute atomic E-state index is 11.0. The molecule has 0 aliphatic carbocycles. The molecule has 4 nitrogen and oxygen atoms in total. The number of rotatable bonds is 7. The molecule has 0 aliphatic rings. The predicted octanol–water partition coefficient (Wildman–Crippen LogP) is 0.642. The van der Waals surface area contributed by atoms with E-state index in [0.29, 0.717) is 19.6 Å². The lowest BCUT2D eigenvalue weighted by Gasteiger charge is -2.16. The molecule has 0 aliphatic heterocycles. The molecule has 0 aromatic rings. The molecule has 0 bridgehead atoms. The standard InChI is InChI=1S/C10H21NO3/c1-4-14-10(13)6-8-11(3)7-5-9(2)12/h9,12H,4-8H2,1-3H3. The lowest BCUT2D eigenvalue weighted by Crippen LogP contribution is -2.25. The zero-order valence-corrected chi connectivity index (χ0v) is 9.32. The van der Waals surface area contributed by atoms with Gasteiger partial charge in [0.2, 0.25) is 0 Å². The zero-order valence-electron chi connectivity index (χ0n) is 9.32. The quantitative estimate of drug-likeness (QED) is 0.617. The molecule has 0 saturated carbocycles. The van der Waals surface area contributed by atoms with E-state index in [2.05, 4.69) is 0 Å². The summed E-state index contributed by atoms with van der Waals surface area (Å²) in [6.07, 6.45) is 0.878. The first-order chi connectivity index (χ1) is 6.56. The summed E-state index contributed by atoms with van der Waals surface area (Å²) in [6.45, 7) is 5.49. The highest BCUT2D eigenvalue weighted by Gasteiger charge is 2.05. The largest absolute Gasteiger partial charge is 0.466 e. The number of carbonyl (C=O) groups excluding carboxylic acids is 1. The fourth-order valence-electron chi connectivity index (χ4n) is 1.03. The van der Waals surface area contributed by atoms with Crippen molar-refractivity contribution in [3.63, 3.8) is 0 Å². The minimum absolute atomic E-state index is 0.156. The van der Waals surface area contributed by atoms with Crippen LogP contribution in [0, 0.1) is 0 Å². The number of esters is 1. The van der Waals surface area contributed by atoms with Gasteiger partial charge in [0.05, 0.1) is 19.1 Å². The summed E-state index contributed by atoms with van der Waals surface area (Å²) in [5, 5.41) is 9.04. The first-order valence-corrected chi connectivity index (χ1v) is 5.08. The van der Waals surface area contributed by atoms with Gasteiger partial charge in [-0.3, -0.25) is 4.79 Å². The molecule has 0 heterocycles. The average Bonchev–Trinajstić information content (AvgIpc) is 2.12. The van der Waals surface area contributed by atoms with Crippen LogP contribution in [0.1, 0.15) is 26.7 Å². The fraction of sp³-hybridized carbons (Fsp3) is 0.900. The van der Waals surface area contributed by atoms with E-state index in [1.165, 1.54) is 0 Å². The number of hydrogen-bond acceptors (Lipinski definition) is 4. The molecule has 0 fully saturated rings. The zero-order chi connectivity index (χ0) is 11.0. The van der Waals surface area contributed by atoms with Crippen molar-refractivity contribution < 1.29 is 14.6 Å². The summed E-state index contributed by atoms with van der Waals surface area (Å²) in [5.41, 5.74) is 0. The molecule has 0 amide bonds. The van der Waals surface area contributed by atoms with Crippen LogP contribution < -0.4 is 0 Å². The minimum atomic E-state index is -0.278. The summed E-state index contributed by atoms with van der Waals surface area (Å²) in [5.74, 6) is -0.156. The molecule has 0 spiro atoms. The van der Waals surface area contributed by atoms with Crippen molar-refractivity contribution in [2.75, 3.05) is 26.7 Å². The lowest BCUT2D eigenvalue weighted by atomic mass is 10.2. The summed E-state index contributed by atoms with van der Waals surface area (Å²) in [6, 6.07) is 0. The van der Waals surface area contributed by atoms with Crippen LogP contribution in [0.4, 0.5) is 0 Å². The maximum Gasteiger partial charge on any atom is 0.307 e. The van der Waals surface area contributed by atoms with E-state index in [4.69, 9.17) is 9.84 Å². The smallest absolute Gasteiger partial charge is 0.307 e. The molecule has 84 valence electrons. The maximum atomic E-state index is 11.0. The number of aliphatic hydroxyl groups excluding tert-OH is 1. The Hall–Kier alpha value is -0.610. The van der Waals surface area contributed by atoms with Crippen molar-refractivity contribution in [1.82, 2.24) is 4.90 Å². The Balaban J connectivity index is 3.43. The number of carbonyl (C=O) groups is 1. The van der Waals surface area contributed by atoms with Gasteiger partial charge in [0.25, 0.3) is 0 Å². The first-order valence-electron chi connectivity index (χ1n) is 5.08. The predicted molar refractivity (Wildman–Crippen MR) is 55.0 cm³/mol. The number of aliphatic hydroxyl groups is 1. The molecule has 1 unspecified atom stereocenters. The summed E-state index contributed by atoms with van der Waals surface area (Å²) in [7, 11) is 1.93. The third-order valence-corrected chi connectivity index (χ3v) is 1.93. The first kappa shape index (κ1) is 13.4. The van der Waals surface area contributed by atoms with Crippen molar-refractivity contribution in [2.45, 2.75) is 32.8 Å².